The molecule has 0 saturated heterocycles. The van der Waals surface area contributed by atoms with Crippen LogP contribution in [0.15, 0.2) is 72.9 Å². The van der Waals surface area contributed by atoms with Crippen LogP contribution in [-0.2, 0) is 0 Å². The van der Waals surface area contributed by atoms with Gasteiger partial charge in [-0.25, -0.2) is 4.98 Å². The fourth-order valence-electron chi connectivity index (χ4n) is 3.00. The van der Waals surface area contributed by atoms with Gasteiger partial charge >= 0.3 is 0 Å². The summed E-state index contributed by atoms with van der Waals surface area (Å²) in [4.78, 5) is 20.9. The van der Waals surface area contributed by atoms with Crippen LogP contribution in [0.1, 0.15) is 22.2 Å². The van der Waals surface area contributed by atoms with Gasteiger partial charge in [-0.1, -0.05) is 54.6 Å². The second-order valence-corrected chi connectivity index (χ2v) is 6.04. The van der Waals surface area contributed by atoms with E-state index in [0.29, 0.717) is 5.52 Å². The van der Waals surface area contributed by atoms with Gasteiger partial charge in [-0.2, -0.15) is 0 Å². The summed E-state index contributed by atoms with van der Waals surface area (Å²) in [6.45, 7) is 0.0986. The molecule has 0 aliphatic heterocycles. The Balaban J connectivity index is 1.51. The highest BCUT2D eigenvalue weighted by Gasteiger charge is 2.14. The predicted molar refractivity (Wildman–Crippen MR) is 101 cm³/mol. The third-order valence-electron chi connectivity index (χ3n) is 4.32. The summed E-state index contributed by atoms with van der Waals surface area (Å²) in [6, 6.07) is 21.0. The van der Waals surface area contributed by atoms with Gasteiger partial charge in [0.2, 0.25) is 0 Å². The molecule has 1 aromatic heterocycles. The van der Waals surface area contributed by atoms with Gasteiger partial charge in [0, 0.05) is 6.54 Å². The van der Waals surface area contributed by atoms with Crippen LogP contribution in [0.2, 0.25) is 0 Å². The molecule has 4 rings (SSSR count). The van der Waals surface area contributed by atoms with E-state index in [1.807, 2.05) is 66.7 Å². The van der Waals surface area contributed by atoms with E-state index in [1.54, 1.807) is 0 Å². The van der Waals surface area contributed by atoms with Gasteiger partial charge in [-0.15, -0.1) is 0 Å². The SMILES string of the molecule is O=C(NC[C@@H](O)c1cccc2ccccc12)c1cnc2ccccc2n1. The summed E-state index contributed by atoms with van der Waals surface area (Å²) in [5, 5.41) is 15.3. The average Bonchev–Trinajstić information content (AvgIpc) is 2.71. The number of aliphatic hydroxyl groups is 1. The van der Waals surface area contributed by atoms with Crippen molar-refractivity contribution in [1.82, 2.24) is 15.3 Å². The number of rotatable bonds is 4. The van der Waals surface area contributed by atoms with Crippen LogP contribution in [0.3, 0.4) is 0 Å². The predicted octanol–water partition coefficient (Wildman–Crippen LogP) is 3.25. The highest BCUT2D eigenvalue weighted by molar-refractivity contribution is 5.93. The number of para-hydroxylation sites is 2. The van der Waals surface area contributed by atoms with Crippen molar-refractivity contribution in [2.24, 2.45) is 0 Å². The molecule has 4 aromatic rings. The third-order valence-corrected chi connectivity index (χ3v) is 4.32. The van der Waals surface area contributed by atoms with Crippen LogP contribution in [-0.4, -0.2) is 27.5 Å². The summed E-state index contributed by atoms with van der Waals surface area (Å²) in [7, 11) is 0. The summed E-state index contributed by atoms with van der Waals surface area (Å²) in [5.74, 6) is -0.359. The number of aliphatic hydroxyl groups excluding tert-OH is 1. The number of amides is 1. The van der Waals surface area contributed by atoms with Crippen molar-refractivity contribution in [3.8, 4) is 0 Å². The van der Waals surface area contributed by atoms with E-state index in [2.05, 4.69) is 15.3 Å². The van der Waals surface area contributed by atoms with Gasteiger partial charge in [-0.05, 0) is 28.5 Å². The molecule has 1 amide bonds. The smallest absolute Gasteiger partial charge is 0.271 e. The van der Waals surface area contributed by atoms with E-state index in [4.69, 9.17) is 0 Å². The van der Waals surface area contributed by atoms with E-state index in [0.717, 1.165) is 21.9 Å². The minimum Gasteiger partial charge on any atom is -0.387 e. The van der Waals surface area contributed by atoms with E-state index in [1.165, 1.54) is 6.20 Å². The van der Waals surface area contributed by atoms with Crippen molar-refractivity contribution in [2.45, 2.75) is 6.10 Å². The van der Waals surface area contributed by atoms with Crippen LogP contribution >= 0.6 is 0 Å². The number of carbonyl (C=O) groups excluding carboxylic acids is 1. The Hall–Kier alpha value is -3.31. The molecule has 0 bridgehead atoms. The summed E-state index contributed by atoms with van der Waals surface area (Å²) in [5.41, 5.74) is 2.41. The highest BCUT2D eigenvalue weighted by atomic mass is 16.3. The third kappa shape index (κ3) is 3.12. The quantitative estimate of drug-likeness (QED) is 0.596. The molecule has 26 heavy (non-hydrogen) atoms. The Bertz CT molecular complexity index is 1090. The normalized spacial score (nSPS) is 12.2. The molecule has 0 unspecified atom stereocenters. The van der Waals surface area contributed by atoms with E-state index in [9.17, 15) is 9.90 Å². The molecule has 1 atom stereocenters. The van der Waals surface area contributed by atoms with Crippen molar-refractivity contribution < 1.29 is 9.90 Å². The number of hydrogen-bond acceptors (Lipinski definition) is 4. The Morgan fingerprint density at radius 3 is 2.58 bits per heavy atom. The molecular formula is C21H17N3O2. The zero-order valence-corrected chi connectivity index (χ0v) is 14.0. The Labute approximate surface area is 150 Å². The maximum absolute atomic E-state index is 12.4. The van der Waals surface area contributed by atoms with Crippen molar-refractivity contribution in [3.05, 3.63) is 84.2 Å². The molecule has 0 fully saturated rings. The first-order chi connectivity index (χ1) is 12.7. The molecule has 1 heterocycles. The second kappa shape index (κ2) is 6.90. The van der Waals surface area contributed by atoms with Crippen molar-refractivity contribution in [2.75, 3.05) is 6.54 Å². The maximum Gasteiger partial charge on any atom is 0.271 e. The zero-order valence-electron chi connectivity index (χ0n) is 14.0. The molecule has 0 spiro atoms. The van der Waals surface area contributed by atoms with Gasteiger partial charge in [0.05, 0.1) is 23.3 Å². The van der Waals surface area contributed by atoms with Crippen LogP contribution < -0.4 is 5.32 Å². The molecule has 0 aliphatic rings. The van der Waals surface area contributed by atoms with Crippen molar-refractivity contribution >= 4 is 27.7 Å². The lowest BCUT2D eigenvalue weighted by Gasteiger charge is -2.14. The molecule has 2 N–H and O–H groups in total. The molecule has 128 valence electrons. The van der Waals surface area contributed by atoms with Crippen LogP contribution in [0.4, 0.5) is 0 Å². The van der Waals surface area contributed by atoms with E-state index >= 15 is 0 Å². The van der Waals surface area contributed by atoms with Crippen molar-refractivity contribution in [1.29, 1.82) is 0 Å². The zero-order chi connectivity index (χ0) is 17.9. The highest BCUT2D eigenvalue weighted by Crippen LogP contribution is 2.23. The largest absolute Gasteiger partial charge is 0.387 e. The van der Waals surface area contributed by atoms with Gasteiger partial charge < -0.3 is 10.4 Å². The number of nitrogens with one attached hydrogen (secondary N) is 1. The average molecular weight is 343 g/mol. The molecule has 0 radical (unpaired) electrons. The first-order valence-electron chi connectivity index (χ1n) is 8.38. The summed E-state index contributed by atoms with van der Waals surface area (Å²) in [6.07, 6.45) is 0.639. The fraction of sp³-hybridized carbons (Fsp3) is 0.0952. The molecule has 0 aliphatic carbocycles. The summed E-state index contributed by atoms with van der Waals surface area (Å²) < 4.78 is 0. The van der Waals surface area contributed by atoms with Crippen LogP contribution in [0.25, 0.3) is 21.8 Å². The Morgan fingerprint density at radius 1 is 0.962 bits per heavy atom. The monoisotopic (exact) mass is 343 g/mol. The number of nitrogens with zero attached hydrogens (tertiary/aromatic N) is 2. The number of hydrogen-bond donors (Lipinski definition) is 2. The second-order valence-electron chi connectivity index (χ2n) is 6.04. The minimum absolute atomic E-state index is 0.0986. The molecule has 3 aromatic carbocycles. The first kappa shape index (κ1) is 16.2. The molecule has 5 heteroatoms. The van der Waals surface area contributed by atoms with Crippen LogP contribution in [0, 0.1) is 0 Å². The van der Waals surface area contributed by atoms with Gasteiger partial charge in [0.1, 0.15) is 5.69 Å². The van der Waals surface area contributed by atoms with Crippen molar-refractivity contribution in [3.63, 3.8) is 0 Å². The molecule has 5 nitrogen and oxygen atoms in total. The molecule has 0 saturated carbocycles. The number of fused-ring (bicyclic) bond motifs is 2. The van der Waals surface area contributed by atoms with Gasteiger partial charge in [0.25, 0.3) is 5.91 Å². The Morgan fingerprint density at radius 2 is 1.69 bits per heavy atom. The van der Waals surface area contributed by atoms with Crippen LogP contribution in [0.5, 0.6) is 0 Å². The first-order valence-corrected chi connectivity index (χ1v) is 8.38. The number of benzene rings is 3. The van der Waals surface area contributed by atoms with Gasteiger partial charge in [0.15, 0.2) is 0 Å². The topological polar surface area (TPSA) is 75.1 Å². The lowest BCUT2D eigenvalue weighted by Crippen LogP contribution is -2.29. The Kier molecular flexibility index (Phi) is 4.29. The molecular weight excluding hydrogens is 326 g/mol. The van der Waals surface area contributed by atoms with Gasteiger partial charge in [-0.3, -0.25) is 9.78 Å². The maximum atomic E-state index is 12.4. The van der Waals surface area contributed by atoms with E-state index < -0.39 is 6.10 Å². The van der Waals surface area contributed by atoms with E-state index in [-0.39, 0.29) is 18.1 Å². The lowest BCUT2D eigenvalue weighted by atomic mass is 10.0. The summed E-state index contributed by atoms with van der Waals surface area (Å²) >= 11 is 0. The number of aromatic nitrogens is 2. The number of carbonyl (C=O) groups is 1. The minimum atomic E-state index is -0.807. The lowest BCUT2D eigenvalue weighted by molar-refractivity contribution is 0.0912. The standard InChI is InChI=1S/C21H17N3O2/c25-20(16-9-5-7-14-6-1-2-8-15(14)16)13-23-21(26)19-12-22-17-10-3-4-11-18(17)24-19/h1-12,20,25H,13H2,(H,23,26)/t20-/m1/s1. The fourth-order valence-corrected chi connectivity index (χ4v) is 3.00.